The van der Waals surface area contributed by atoms with Gasteiger partial charge in [-0.25, -0.2) is 9.97 Å². The first-order valence-electron chi connectivity index (χ1n) is 9.62. The van der Waals surface area contributed by atoms with E-state index in [0.717, 1.165) is 22.4 Å². The molecule has 1 aliphatic heterocycles. The summed E-state index contributed by atoms with van der Waals surface area (Å²) in [6, 6.07) is 11.2. The van der Waals surface area contributed by atoms with Gasteiger partial charge in [0.25, 0.3) is 5.91 Å². The van der Waals surface area contributed by atoms with E-state index in [1.807, 2.05) is 19.1 Å². The third-order valence-electron chi connectivity index (χ3n) is 5.13. The zero-order chi connectivity index (χ0) is 20.4. The monoisotopic (exact) mass is 392 g/mol. The van der Waals surface area contributed by atoms with E-state index >= 15 is 0 Å². The molecule has 7 heteroatoms. The summed E-state index contributed by atoms with van der Waals surface area (Å²) in [7, 11) is 1.61. The van der Waals surface area contributed by atoms with Gasteiger partial charge in [-0.3, -0.25) is 4.79 Å². The average molecular weight is 392 g/mol. The van der Waals surface area contributed by atoms with E-state index in [2.05, 4.69) is 17.1 Å². The first-order chi connectivity index (χ1) is 14.0. The van der Waals surface area contributed by atoms with Gasteiger partial charge in [0.05, 0.1) is 31.4 Å². The Labute approximate surface area is 169 Å². The highest BCUT2D eigenvalue weighted by molar-refractivity contribution is 6.07. The van der Waals surface area contributed by atoms with E-state index in [1.54, 1.807) is 31.4 Å². The van der Waals surface area contributed by atoms with Crippen molar-refractivity contribution in [3.63, 3.8) is 0 Å². The van der Waals surface area contributed by atoms with Crippen LogP contribution in [-0.2, 0) is 4.74 Å². The minimum atomic E-state index is -0.288. The number of ether oxygens (including phenoxy) is 2. The molecule has 1 saturated heterocycles. The highest BCUT2D eigenvalue weighted by Gasteiger charge is 2.23. The molecule has 0 radical (unpaired) electrons. The Morgan fingerprint density at radius 2 is 1.66 bits per heavy atom. The number of methoxy groups -OCH3 is 1. The molecule has 4 rings (SSSR count). The molecule has 0 saturated carbocycles. The summed E-state index contributed by atoms with van der Waals surface area (Å²) in [4.78, 5) is 24.7. The van der Waals surface area contributed by atoms with Gasteiger partial charge in [-0.15, -0.1) is 0 Å². The summed E-state index contributed by atoms with van der Waals surface area (Å²) >= 11 is 0. The van der Waals surface area contributed by atoms with Gasteiger partial charge in [0.15, 0.2) is 11.5 Å². The van der Waals surface area contributed by atoms with Crippen molar-refractivity contribution >= 4 is 28.4 Å². The molecule has 0 aliphatic carbocycles. The Bertz CT molecular complexity index is 1040. The molecule has 1 amide bonds. The van der Waals surface area contributed by atoms with Crippen molar-refractivity contribution in [1.29, 1.82) is 0 Å². The van der Waals surface area contributed by atoms with Crippen LogP contribution in [0.25, 0.3) is 11.0 Å². The molecular weight excluding hydrogens is 368 g/mol. The second kappa shape index (κ2) is 8.05. The van der Waals surface area contributed by atoms with Gasteiger partial charge >= 0.3 is 0 Å². The summed E-state index contributed by atoms with van der Waals surface area (Å²) in [5.74, 6) is 1.03. The summed E-state index contributed by atoms with van der Waals surface area (Å²) < 4.78 is 10.6. The summed E-state index contributed by atoms with van der Waals surface area (Å²) in [5.41, 5.74) is 4.76. The number of fused-ring (bicyclic) bond motifs is 1. The first kappa shape index (κ1) is 19.1. The number of hydrogen-bond acceptors (Lipinski definition) is 6. The lowest BCUT2D eigenvalue weighted by Gasteiger charge is -2.29. The highest BCUT2D eigenvalue weighted by Crippen LogP contribution is 2.25. The van der Waals surface area contributed by atoms with Gasteiger partial charge in [-0.05, 0) is 61.4 Å². The Hall–Kier alpha value is -3.19. The topological polar surface area (TPSA) is 76.6 Å². The Morgan fingerprint density at radius 1 is 1.03 bits per heavy atom. The van der Waals surface area contributed by atoms with Crippen LogP contribution in [0, 0.1) is 13.8 Å². The Balaban J connectivity index is 1.74. The minimum Gasteiger partial charge on any atom is -0.497 e. The number of nitrogens with one attached hydrogen (secondary N) is 1. The maximum absolute atomic E-state index is 13.1. The number of morpholine rings is 1. The SMILES string of the molecule is COc1ccc(NC(=O)c2nc3cc(C)c(C)cc3nc2N2CCOCC2)cc1. The molecule has 0 spiro atoms. The first-order valence-corrected chi connectivity index (χ1v) is 9.62. The lowest BCUT2D eigenvalue weighted by atomic mass is 10.1. The molecule has 2 heterocycles. The molecule has 1 aromatic heterocycles. The smallest absolute Gasteiger partial charge is 0.278 e. The normalized spacial score (nSPS) is 14.1. The van der Waals surface area contributed by atoms with E-state index < -0.39 is 0 Å². The number of aryl methyl sites for hydroxylation is 2. The van der Waals surface area contributed by atoms with Gasteiger partial charge in [-0.1, -0.05) is 0 Å². The summed E-state index contributed by atoms with van der Waals surface area (Å²) in [6.07, 6.45) is 0. The third-order valence-corrected chi connectivity index (χ3v) is 5.13. The minimum absolute atomic E-state index is 0.288. The van der Waals surface area contributed by atoms with Crippen molar-refractivity contribution in [3.05, 3.63) is 53.2 Å². The number of anilines is 2. The van der Waals surface area contributed by atoms with Gasteiger partial charge in [-0.2, -0.15) is 0 Å². The van der Waals surface area contributed by atoms with Crippen LogP contribution in [-0.4, -0.2) is 49.3 Å². The van der Waals surface area contributed by atoms with E-state index in [1.165, 1.54) is 0 Å². The van der Waals surface area contributed by atoms with Crippen LogP contribution >= 0.6 is 0 Å². The molecular formula is C22H24N4O3. The van der Waals surface area contributed by atoms with Crippen molar-refractivity contribution in [2.75, 3.05) is 43.6 Å². The molecule has 29 heavy (non-hydrogen) atoms. The molecule has 1 aliphatic rings. The van der Waals surface area contributed by atoms with Crippen molar-refractivity contribution in [2.45, 2.75) is 13.8 Å². The number of rotatable bonds is 4. The second-order valence-corrected chi connectivity index (χ2v) is 7.10. The maximum atomic E-state index is 13.1. The fourth-order valence-corrected chi connectivity index (χ4v) is 3.31. The van der Waals surface area contributed by atoms with E-state index in [9.17, 15) is 4.79 Å². The predicted octanol–water partition coefficient (Wildman–Crippen LogP) is 3.34. The van der Waals surface area contributed by atoms with Gasteiger partial charge < -0.3 is 19.7 Å². The van der Waals surface area contributed by atoms with Gasteiger partial charge in [0.2, 0.25) is 0 Å². The largest absolute Gasteiger partial charge is 0.497 e. The summed E-state index contributed by atoms with van der Waals surface area (Å²) in [6.45, 7) is 6.64. The van der Waals surface area contributed by atoms with Crippen LogP contribution in [0.4, 0.5) is 11.5 Å². The zero-order valence-electron chi connectivity index (χ0n) is 16.9. The molecule has 0 atom stereocenters. The summed E-state index contributed by atoms with van der Waals surface area (Å²) in [5, 5.41) is 2.92. The lowest BCUT2D eigenvalue weighted by Crippen LogP contribution is -2.38. The molecule has 7 nitrogen and oxygen atoms in total. The second-order valence-electron chi connectivity index (χ2n) is 7.10. The molecule has 150 valence electrons. The van der Waals surface area contributed by atoms with Crippen LogP contribution in [0.2, 0.25) is 0 Å². The van der Waals surface area contributed by atoms with Crippen molar-refractivity contribution in [1.82, 2.24) is 9.97 Å². The molecule has 1 N–H and O–H groups in total. The Morgan fingerprint density at radius 3 is 2.28 bits per heavy atom. The van der Waals surface area contributed by atoms with Gasteiger partial charge in [0.1, 0.15) is 5.75 Å². The van der Waals surface area contributed by atoms with Crippen molar-refractivity contribution < 1.29 is 14.3 Å². The molecule has 0 bridgehead atoms. The van der Waals surface area contributed by atoms with Crippen molar-refractivity contribution in [2.24, 2.45) is 0 Å². The number of benzene rings is 2. The molecule has 0 unspecified atom stereocenters. The van der Waals surface area contributed by atoms with Crippen LogP contribution < -0.4 is 15.0 Å². The van der Waals surface area contributed by atoms with Gasteiger partial charge in [0, 0.05) is 18.8 Å². The standard InChI is InChI=1S/C22H24N4O3/c1-14-12-18-19(13-15(14)2)25-21(26-8-10-29-11-9-26)20(24-18)22(27)23-16-4-6-17(28-3)7-5-16/h4-7,12-13H,8-11H2,1-3H3,(H,23,27). The molecule has 2 aromatic carbocycles. The number of carbonyl (C=O) groups is 1. The highest BCUT2D eigenvalue weighted by atomic mass is 16.5. The quantitative estimate of drug-likeness (QED) is 0.734. The van der Waals surface area contributed by atoms with Crippen molar-refractivity contribution in [3.8, 4) is 5.75 Å². The van der Waals surface area contributed by atoms with Crippen LogP contribution in [0.3, 0.4) is 0 Å². The fraction of sp³-hybridized carbons (Fsp3) is 0.318. The number of nitrogens with zero attached hydrogens (tertiary/aromatic N) is 3. The fourth-order valence-electron chi connectivity index (χ4n) is 3.31. The van der Waals surface area contributed by atoms with E-state index in [0.29, 0.717) is 49.0 Å². The molecule has 1 fully saturated rings. The predicted molar refractivity (Wildman–Crippen MR) is 113 cm³/mol. The van der Waals surface area contributed by atoms with E-state index in [4.69, 9.17) is 19.4 Å². The average Bonchev–Trinajstić information content (AvgIpc) is 2.75. The number of carbonyl (C=O) groups excluding carboxylic acids is 1. The lowest BCUT2D eigenvalue weighted by molar-refractivity contribution is 0.102. The molecule has 3 aromatic rings. The Kier molecular flexibility index (Phi) is 5.31. The number of amides is 1. The van der Waals surface area contributed by atoms with Crippen LogP contribution in [0.5, 0.6) is 5.75 Å². The maximum Gasteiger partial charge on any atom is 0.278 e. The van der Waals surface area contributed by atoms with Crippen LogP contribution in [0.15, 0.2) is 36.4 Å². The number of aromatic nitrogens is 2. The van der Waals surface area contributed by atoms with E-state index in [-0.39, 0.29) is 5.91 Å². The zero-order valence-corrected chi connectivity index (χ0v) is 16.9. The third kappa shape index (κ3) is 4.00. The number of hydrogen-bond donors (Lipinski definition) is 1. The van der Waals surface area contributed by atoms with Crippen LogP contribution in [0.1, 0.15) is 21.6 Å².